The van der Waals surface area contributed by atoms with Gasteiger partial charge in [0, 0.05) is 5.02 Å². The lowest BCUT2D eigenvalue weighted by Gasteiger charge is -2.19. The Balaban J connectivity index is 1.61. The molecule has 126 valence electrons. The van der Waals surface area contributed by atoms with Gasteiger partial charge in [-0.3, -0.25) is 0 Å². The van der Waals surface area contributed by atoms with Gasteiger partial charge in [-0.15, -0.1) is 0 Å². The van der Waals surface area contributed by atoms with Crippen LogP contribution in [-0.4, -0.2) is 12.8 Å². The Bertz CT molecular complexity index is 751. The number of carbonyl (C=O) groups is 1. The van der Waals surface area contributed by atoms with Crippen LogP contribution in [0.3, 0.4) is 0 Å². The number of rotatable bonds is 4. The largest absolute Gasteiger partial charge is 0.454 e. The van der Waals surface area contributed by atoms with E-state index >= 15 is 0 Å². The number of ether oxygens (including phenoxy) is 2. The normalized spacial score (nSPS) is 14.8. The average molecular weight is 347 g/mol. The van der Waals surface area contributed by atoms with Crippen LogP contribution >= 0.6 is 11.6 Å². The van der Waals surface area contributed by atoms with E-state index in [1.807, 2.05) is 56.3 Å². The highest BCUT2D eigenvalue weighted by atomic mass is 35.5. The molecule has 0 saturated carbocycles. The molecule has 1 heterocycles. The molecule has 2 N–H and O–H groups in total. The number of benzene rings is 2. The summed E-state index contributed by atoms with van der Waals surface area (Å²) in [5, 5.41) is 6.45. The fourth-order valence-corrected chi connectivity index (χ4v) is 2.90. The molecular weight excluding hydrogens is 328 g/mol. The van der Waals surface area contributed by atoms with Crippen LogP contribution in [0.5, 0.6) is 11.5 Å². The number of hydrogen-bond donors (Lipinski definition) is 2. The molecule has 1 aliphatic rings. The van der Waals surface area contributed by atoms with Crippen molar-refractivity contribution >= 4 is 17.6 Å². The van der Waals surface area contributed by atoms with Gasteiger partial charge in [-0.05, 0) is 43.2 Å². The molecule has 5 nitrogen and oxygen atoms in total. The van der Waals surface area contributed by atoms with Crippen LogP contribution in [0.25, 0.3) is 0 Å². The van der Waals surface area contributed by atoms with Gasteiger partial charge in [0.15, 0.2) is 11.5 Å². The zero-order chi connectivity index (χ0) is 17.1. The van der Waals surface area contributed by atoms with Gasteiger partial charge in [-0.25, -0.2) is 4.79 Å². The molecule has 0 aromatic heterocycles. The number of halogens is 1. The zero-order valence-corrected chi connectivity index (χ0v) is 14.3. The average Bonchev–Trinajstić information content (AvgIpc) is 3.02. The van der Waals surface area contributed by atoms with Crippen LogP contribution in [0.4, 0.5) is 4.79 Å². The number of amides is 2. The summed E-state index contributed by atoms with van der Waals surface area (Å²) in [5.74, 6) is 1.42. The number of urea groups is 1. The lowest BCUT2D eigenvalue weighted by molar-refractivity contribution is 0.174. The molecule has 0 fully saturated rings. The topological polar surface area (TPSA) is 59.6 Å². The summed E-state index contributed by atoms with van der Waals surface area (Å²) in [6.07, 6.45) is 0. The molecule has 0 radical (unpaired) electrons. The zero-order valence-electron chi connectivity index (χ0n) is 13.5. The third-order valence-corrected chi connectivity index (χ3v) is 4.31. The maximum atomic E-state index is 12.2. The minimum Gasteiger partial charge on any atom is -0.454 e. The molecule has 1 aliphatic heterocycles. The van der Waals surface area contributed by atoms with Crippen LogP contribution in [0.1, 0.15) is 37.1 Å². The van der Waals surface area contributed by atoms with Crippen molar-refractivity contribution in [3.05, 3.63) is 58.6 Å². The predicted molar refractivity (Wildman–Crippen MR) is 92.5 cm³/mol. The molecule has 2 amide bonds. The predicted octanol–water partition coefficient (Wildman–Crippen LogP) is 4.19. The van der Waals surface area contributed by atoms with Crippen molar-refractivity contribution in [1.82, 2.24) is 10.6 Å². The number of carbonyl (C=O) groups excluding carboxylic acids is 1. The van der Waals surface area contributed by atoms with E-state index in [9.17, 15) is 4.79 Å². The van der Waals surface area contributed by atoms with Crippen molar-refractivity contribution in [2.45, 2.75) is 25.9 Å². The fraction of sp³-hybridized carbons (Fsp3) is 0.278. The lowest BCUT2D eigenvalue weighted by Crippen LogP contribution is -2.38. The van der Waals surface area contributed by atoms with Gasteiger partial charge in [-0.2, -0.15) is 0 Å². The van der Waals surface area contributed by atoms with Gasteiger partial charge < -0.3 is 20.1 Å². The molecule has 0 aliphatic carbocycles. The number of nitrogens with one attached hydrogen (secondary N) is 2. The first kappa shape index (κ1) is 16.5. The van der Waals surface area contributed by atoms with Crippen LogP contribution < -0.4 is 20.1 Å². The minimum atomic E-state index is -0.257. The molecule has 2 unspecified atom stereocenters. The Hall–Kier alpha value is -2.40. The summed E-state index contributed by atoms with van der Waals surface area (Å²) in [6.45, 7) is 4.04. The minimum absolute atomic E-state index is 0.169. The molecule has 0 spiro atoms. The molecule has 3 rings (SSSR count). The molecule has 2 aromatic carbocycles. The highest BCUT2D eigenvalue weighted by Gasteiger charge is 2.18. The molecule has 24 heavy (non-hydrogen) atoms. The molecule has 6 heteroatoms. The van der Waals surface area contributed by atoms with E-state index < -0.39 is 0 Å². The second kappa shape index (κ2) is 7.01. The van der Waals surface area contributed by atoms with E-state index in [-0.39, 0.29) is 24.9 Å². The summed E-state index contributed by atoms with van der Waals surface area (Å²) in [6, 6.07) is 12.5. The summed E-state index contributed by atoms with van der Waals surface area (Å²) >= 11 is 6.16. The molecular formula is C18H19ClN2O3. The van der Waals surface area contributed by atoms with Crippen molar-refractivity contribution in [3.8, 4) is 11.5 Å². The van der Waals surface area contributed by atoms with E-state index in [2.05, 4.69) is 10.6 Å². The molecule has 0 saturated heterocycles. The van der Waals surface area contributed by atoms with Crippen LogP contribution in [0, 0.1) is 0 Å². The van der Waals surface area contributed by atoms with Crippen LogP contribution in [0.2, 0.25) is 5.02 Å². The van der Waals surface area contributed by atoms with E-state index in [0.717, 1.165) is 16.9 Å². The summed E-state index contributed by atoms with van der Waals surface area (Å²) in [4.78, 5) is 12.2. The third kappa shape index (κ3) is 3.57. The van der Waals surface area contributed by atoms with E-state index in [4.69, 9.17) is 21.1 Å². The second-order valence-electron chi connectivity index (χ2n) is 5.70. The summed E-state index contributed by atoms with van der Waals surface area (Å²) in [5.41, 5.74) is 1.82. The van der Waals surface area contributed by atoms with Crippen molar-refractivity contribution in [3.63, 3.8) is 0 Å². The van der Waals surface area contributed by atoms with Gasteiger partial charge in [0.25, 0.3) is 0 Å². The van der Waals surface area contributed by atoms with Gasteiger partial charge in [0.05, 0.1) is 12.1 Å². The maximum absolute atomic E-state index is 12.2. The maximum Gasteiger partial charge on any atom is 0.315 e. The number of hydrogen-bond acceptors (Lipinski definition) is 3. The van der Waals surface area contributed by atoms with Crippen LogP contribution in [0.15, 0.2) is 42.5 Å². The highest BCUT2D eigenvalue weighted by molar-refractivity contribution is 6.31. The quantitative estimate of drug-likeness (QED) is 0.872. The van der Waals surface area contributed by atoms with Gasteiger partial charge in [0.1, 0.15) is 0 Å². The molecule has 2 aromatic rings. The van der Waals surface area contributed by atoms with Crippen molar-refractivity contribution in [1.29, 1.82) is 0 Å². The van der Waals surface area contributed by atoms with E-state index in [1.165, 1.54) is 0 Å². The fourth-order valence-electron chi connectivity index (χ4n) is 2.60. The Labute approximate surface area is 145 Å². The van der Waals surface area contributed by atoms with Crippen LogP contribution in [-0.2, 0) is 0 Å². The third-order valence-electron chi connectivity index (χ3n) is 3.96. The standard InChI is InChI=1S/C18H19ClN2O3/c1-11(13-7-8-16-17(9-13)24-10-23-16)20-18(22)21-12(2)14-5-3-4-6-15(14)19/h3-9,11-12H,10H2,1-2H3,(H2,20,21,22). The first-order valence-electron chi connectivity index (χ1n) is 7.75. The van der Waals surface area contributed by atoms with E-state index in [1.54, 1.807) is 0 Å². The Morgan fingerprint density at radius 3 is 2.54 bits per heavy atom. The summed E-state index contributed by atoms with van der Waals surface area (Å²) in [7, 11) is 0. The smallest absolute Gasteiger partial charge is 0.315 e. The van der Waals surface area contributed by atoms with E-state index in [0.29, 0.717) is 10.8 Å². The van der Waals surface area contributed by atoms with Gasteiger partial charge in [-0.1, -0.05) is 35.9 Å². The van der Waals surface area contributed by atoms with Crippen molar-refractivity contribution in [2.24, 2.45) is 0 Å². The Morgan fingerprint density at radius 2 is 1.75 bits per heavy atom. The first-order valence-corrected chi connectivity index (χ1v) is 8.13. The Morgan fingerprint density at radius 1 is 1.04 bits per heavy atom. The monoisotopic (exact) mass is 346 g/mol. The van der Waals surface area contributed by atoms with Crippen molar-refractivity contribution in [2.75, 3.05) is 6.79 Å². The SMILES string of the molecule is CC(NC(=O)NC(C)c1ccccc1Cl)c1ccc2c(c1)OCO2. The lowest BCUT2D eigenvalue weighted by atomic mass is 10.1. The second-order valence-corrected chi connectivity index (χ2v) is 6.10. The van der Waals surface area contributed by atoms with Gasteiger partial charge in [0.2, 0.25) is 6.79 Å². The Kier molecular flexibility index (Phi) is 4.81. The molecule has 0 bridgehead atoms. The van der Waals surface area contributed by atoms with Crippen molar-refractivity contribution < 1.29 is 14.3 Å². The first-order chi connectivity index (χ1) is 11.5. The number of fused-ring (bicyclic) bond motifs is 1. The molecule has 2 atom stereocenters. The highest BCUT2D eigenvalue weighted by Crippen LogP contribution is 2.34. The summed E-state index contributed by atoms with van der Waals surface area (Å²) < 4.78 is 10.7. The van der Waals surface area contributed by atoms with Gasteiger partial charge >= 0.3 is 6.03 Å².